The predicted molar refractivity (Wildman–Crippen MR) is 107 cm³/mol. The van der Waals surface area contributed by atoms with Gasteiger partial charge in [0.15, 0.2) is 4.96 Å². The number of thiazole rings is 1. The van der Waals surface area contributed by atoms with Gasteiger partial charge >= 0.3 is 0 Å². The van der Waals surface area contributed by atoms with Gasteiger partial charge in [0.2, 0.25) is 0 Å². The van der Waals surface area contributed by atoms with E-state index in [0.717, 1.165) is 40.6 Å². The number of hydrogen-bond donors (Lipinski definition) is 1. The summed E-state index contributed by atoms with van der Waals surface area (Å²) in [6.45, 7) is 5.43. The molecule has 0 bridgehead atoms. The molecule has 0 unspecified atom stereocenters. The van der Waals surface area contributed by atoms with Crippen molar-refractivity contribution in [2.75, 3.05) is 6.54 Å². The molecule has 0 atom stereocenters. The van der Waals surface area contributed by atoms with Crippen LogP contribution in [0.4, 0.5) is 0 Å². The number of aryl methyl sites for hydroxylation is 3. The zero-order valence-electron chi connectivity index (χ0n) is 15.3. The van der Waals surface area contributed by atoms with E-state index in [2.05, 4.69) is 21.5 Å². The van der Waals surface area contributed by atoms with Gasteiger partial charge in [0, 0.05) is 35.9 Å². The minimum Gasteiger partial charge on any atom is -0.351 e. The van der Waals surface area contributed by atoms with Gasteiger partial charge in [0.25, 0.3) is 5.91 Å². The number of benzene rings is 1. The number of nitrogens with one attached hydrogen (secondary N) is 1. The highest BCUT2D eigenvalue weighted by Crippen LogP contribution is 2.23. The fraction of sp³-hybridized carbons (Fsp3) is 0.250. The van der Waals surface area contributed by atoms with Crippen molar-refractivity contribution in [1.82, 2.24) is 24.5 Å². The number of carbonyl (C=O) groups is 1. The summed E-state index contributed by atoms with van der Waals surface area (Å²) in [6, 6.07) is 12.0. The predicted octanol–water partition coefficient (Wildman–Crippen LogP) is 3.70. The topological polar surface area (TPSA) is 64.2 Å². The van der Waals surface area contributed by atoms with Crippen LogP contribution in [0, 0.1) is 13.8 Å². The Hall–Kier alpha value is -2.93. The van der Waals surface area contributed by atoms with Crippen molar-refractivity contribution >= 4 is 22.2 Å². The normalized spacial score (nSPS) is 11.2. The number of rotatable bonds is 6. The van der Waals surface area contributed by atoms with Crippen molar-refractivity contribution in [3.05, 3.63) is 65.1 Å². The molecule has 0 saturated heterocycles. The van der Waals surface area contributed by atoms with Crippen LogP contribution < -0.4 is 5.32 Å². The molecule has 0 radical (unpaired) electrons. The fourth-order valence-electron chi connectivity index (χ4n) is 3.12. The van der Waals surface area contributed by atoms with E-state index in [-0.39, 0.29) is 5.91 Å². The molecule has 0 saturated carbocycles. The highest BCUT2D eigenvalue weighted by molar-refractivity contribution is 7.15. The first-order valence-electron chi connectivity index (χ1n) is 8.93. The average molecular weight is 379 g/mol. The summed E-state index contributed by atoms with van der Waals surface area (Å²) in [5.74, 6) is -0.0772. The molecule has 0 aliphatic heterocycles. The first-order chi connectivity index (χ1) is 13.1. The second-order valence-corrected chi connectivity index (χ2v) is 7.36. The summed E-state index contributed by atoms with van der Waals surface area (Å²) < 4.78 is 3.84. The van der Waals surface area contributed by atoms with Crippen LogP contribution in [0.25, 0.3) is 16.2 Å². The van der Waals surface area contributed by atoms with Crippen LogP contribution in [-0.4, -0.2) is 31.6 Å². The van der Waals surface area contributed by atoms with E-state index in [1.807, 2.05) is 64.8 Å². The number of carbonyl (C=O) groups excluding carboxylic acids is 1. The Bertz CT molecular complexity index is 1080. The third-order valence-electron chi connectivity index (χ3n) is 4.45. The van der Waals surface area contributed by atoms with Gasteiger partial charge in [-0.15, -0.1) is 11.3 Å². The van der Waals surface area contributed by atoms with Gasteiger partial charge in [-0.3, -0.25) is 13.9 Å². The molecule has 1 amide bonds. The first-order valence-corrected chi connectivity index (χ1v) is 9.81. The highest BCUT2D eigenvalue weighted by Gasteiger charge is 2.14. The molecule has 7 heteroatoms. The second-order valence-electron chi connectivity index (χ2n) is 6.53. The number of imidazole rings is 1. The third kappa shape index (κ3) is 3.64. The number of fused-ring (bicyclic) bond motifs is 1. The summed E-state index contributed by atoms with van der Waals surface area (Å²) in [5, 5.41) is 9.30. The van der Waals surface area contributed by atoms with E-state index >= 15 is 0 Å². The summed E-state index contributed by atoms with van der Waals surface area (Å²) in [4.78, 5) is 18.0. The molecule has 4 aromatic rings. The lowest BCUT2D eigenvalue weighted by atomic mass is 10.2. The minimum absolute atomic E-state index is 0.0772. The summed E-state index contributed by atoms with van der Waals surface area (Å²) >= 11 is 1.48. The highest BCUT2D eigenvalue weighted by atomic mass is 32.1. The molecule has 4 rings (SSSR count). The van der Waals surface area contributed by atoms with Gasteiger partial charge in [-0.2, -0.15) is 5.10 Å². The van der Waals surface area contributed by atoms with Crippen LogP contribution in [0.2, 0.25) is 0 Å². The van der Waals surface area contributed by atoms with E-state index in [0.29, 0.717) is 12.2 Å². The van der Waals surface area contributed by atoms with Crippen molar-refractivity contribution in [3.8, 4) is 11.3 Å². The third-order valence-corrected chi connectivity index (χ3v) is 5.29. The summed E-state index contributed by atoms with van der Waals surface area (Å²) in [7, 11) is 0. The lowest BCUT2D eigenvalue weighted by Crippen LogP contribution is -2.26. The second kappa shape index (κ2) is 7.36. The fourth-order valence-corrected chi connectivity index (χ4v) is 3.97. The van der Waals surface area contributed by atoms with E-state index in [9.17, 15) is 4.79 Å². The van der Waals surface area contributed by atoms with Crippen LogP contribution in [0.1, 0.15) is 28.3 Å². The zero-order chi connectivity index (χ0) is 18.8. The Morgan fingerprint density at radius 1 is 1.22 bits per heavy atom. The molecule has 1 aromatic carbocycles. The molecule has 27 heavy (non-hydrogen) atoms. The molecule has 138 valence electrons. The van der Waals surface area contributed by atoms with Gasteiger partial charge in [-0.05, 0) is 26.3 Å². The maximum atomic E-state index is 12.6. The number of hydrogen-bond acceptors (Lipinski definition) is 4. The molecule has 0 aliphatic carbocycles. The molecule has 1 N–H and O–H groups in total. The number of aromatic nitrogens is 4. The van der Waals surface area contributed by atoms with Crippen LogP contribution in [-0.2, 0) is 6.54 Å². The monoisotopic (exact) mass is 379 g/mol. The molecule has 3 aromatic heterocycles. The van der Waals surface area contributed by atoms with Crippen molar-refractivity contribution in [3.63, 3.8) is 0 Å². The molecule has 3 heterocycles. The minimum atomic E-state index is -0.0772. The van der Waals surface area contributed by atoms with E-state index in [1.54, 1.807) is 0 Å². The molecular formula is C20H21N5OS. The van der Waals surface area contributed by atoms with E-state index < -0.39 is 0 Å². The van der Waals surface area contributed by atoms with Crippen molar-refractivity contribution in [2.45, 2.75) is 26.8 Å². The van der Waals surface area contributed by atoms with Crippen LogP contribution in [0.15, 0.2) is 48.0 Å². The van der Waals surface area contributed by atoms with Gasteiger partial charge in [0.1, 0.15) is 5.69 Å². The standard InChI is InChI=1S/C20H21N5OS/c1-14-11-15(2)25(23-14)10-6-9-21-19(26)18-13-27-20-22-17(12-24(18)20)16-7-4-3-5-8-16/h3-5,7-8,11-13H,6,9-10H2,1-2H3,(H,21,26). The lowest BCUT2D eigenvalue weighted by Gasteiger charge is -2.06. The van der Waals surface area contributed by atoms with Gasteiger partial charge < -0.3 is 5.32 Å². The summed E-state index contributed by atoms with van der Waals surface area (Å²) in [5.41, 5.74) is 4.71. The largest absolute Gasteiger partial charge is 0.351 e. The molecule has 0 fully saturated rings. The Kier molecular flexibility index (Phi) is 4.77. The van der Waals surface area contributed by atoms with Crippen molar-refractivity contribution in [1.29, 1.82) is 0 Å². The number of nitrogens with zero attached hydrogens (tertiary/aromatic N) is 4. The van der Waals surface area contributed by atoms with Crippen LogP contribution in [0.3, 0.4) is 0 Å². The quantitative estimate of drug-likeness (QED) is 0.520. The molecule has 0 spiro atoms. The Balaban J connectivity index is 1.40. The van der Waals surface area contributed by atoms with Crippen LogP contribution >= 0.6 is 11.3 Å². The summed E-state index contributed by atoms with van der Waals surface area (Å²) in [6.07, 6.45) is 2.76. The van der Waals surface area contributed by atoms with Gasteiger partial charge in [-0.25, -0.2) is 4.98 Å². The Labute approximate surface area is 161 Å². The van der Waals surface area contributed by atoms with E-state index in [1.165, 1.54) is 11.3 Å². The van der Waals surface area contributed by atoms with E-state index in [4.69, 9.17) is 0 Å². The van der Waals surface area contributed by atoms with Crippen LogP contribution in [0.5, 0.6) is 0 Å². The maximum Gasteiger partial charge on any atom is 0.269 e. The Morgan fingerprint density at radius 2 is 2.04 bits per heavy atom. The molecular weight excluding hydrogens is 358 g/mol. The average Bonchev–Trinajstić information content (AvgIpc) is 3.33. The molecule has 6 nitrogen and oxygen atoms in total. The lowest BCUT2D eigenvalue weighted by molar-refractivity contribution is 0.0947. The van der Waals surface area contributed by atoms with Crippen molar-refractivity contribution in [2.24, 2.45) is 0 Å². The van der Waals surface area contributed by atoms with Gasteiger partial charge in [0.05, 0.1) is 11.4 Å². The SMILES string of the molecule is Cc1cc(C)n(CCCNC(=O)c2csc3nc(-c4ccccc4)cn23)n1. The Morgan fingerprint density at radius 3 is 2.78 bits per heavy atom. The maximum absolute atomic E-state index is 12.6. The smallest absolute Gasteiger partial charge is 0.269 e. The van der Waals surface area contributed by atoms with Crippen molar-refractivity contribution < 1.29 is 4.79 Å². The zero-order valence-corrected chi connectivity index (χ0v) is 16.2. The van der Waals surface area contributed by atoms with Gasteiger partial charge in [-0.1, -0.05) is 30.3 Å². The molecule has 0 aliphatic rings. The number of amides is 1. The first kappa shape index (κ1) is 17.5.